The SMILES string of the molecule is C[C@]1(C(=O)N[C@@H]2CO[C@H](C(=O)NS(=O)(=O)C(F)(F)F)C2)CC(c2cc(F)cc(F)c2)=NO1. The molecule has 1 saturated heterocycles. The zero-order valence-corrected chi connectivity index (χ0v) is 17.0. The molecule has 3 atom stereocenters. The van der Waals surface area contributed by atoms with E-state index in [1.807, 2.05) is 0 Å². The van der Waals surface area contributed by atoms with Gasteiger partial charge in [0.25, 0.3) is 11.8 Å². The number of hydrogen-bond donors (Lipinski definition) is 2. The Hall–Kier alpha value is -2.81. The number of carbonyl (C=O) groups excluding carboxylic acids is 2. The molecule has 1 aromatic carbocycles. The second-order valence-electron chi connectivity index (χ2n) is 7.34. The molecule has 32 heavy (non-hydrogen) atoms. The second-order valence-corrected chi connectivity index (χ2v) is 9.01. The van der Waals surface area contributed by atoms with Gasteiger partial charge >= 0.3 is 15.5 Å². The summed E-state index contributed by atoms with van der Waals surface area (Å²) >= 11 is 0. The lowest BCUT2D eigenvalue weighted by atomic mass is 9.94. The van der Waals surface area contributed by atoms with Crippen molar-refractivity contribution in [2.75, 3.05) is 6.61 Å². The highest BCUT2D eigenvalue weighted by atomic mass is 32.2. The first-order valence-corrected chi connectivity index (χ1v) is 10.5. The fourth-order valence-electron chi connectivity index (χ4n) is 3.04. The molecule has 1 aromatic rings. The Labute approximate surface area is 178 Å². The lowest BCUT2D eigenvalue weighted by Gasteiger charge is -2.22. The van der Waals surface area contributed by atoms with Crippen LogP contribution in [0.1, 0.15) is 25.3 Å². The summed E-state index contributed by atoms with van der Waals surface area (Å²) in [6.45, 7) is 1.07. The summed E-state index contributed by atoms with van der Waals surface area (Å²) in [5.41, 5.74) is -7.06. The molecule has 176 valence electrons. The molecule has 2 amide bonds. The lowest BCUT2D eigenvalue weighted by Crippen LogP contribution is -2.49. The van der Waals surface area contributed by atoms with Crippen LogP contribution < -0.4 is 10.0 Å². The van der Waals surface area contributed by atoms with Crippen LogP contribution in [0.15, 0.2) is 23.4 Å². The summed E-state index contributed by atoms with van der Waals surface area (Å²) in [6, 6.07) is 1.84. The summed E-state index contributed by atoms with van der Waals surface area (Å²) in [4.78, 5) is 29.5. The number of nitrogens with one attached hydrogen (secondary N) is 2. The third-order valence-electron chi connectivity index (χ3n) is 4.70. The Morgan fingerprint density at radius 2 is 1.81 bits per heavy atom. The summed E-state index contributed by atoms with van der Waals surface area (Å²) in [5, 5.41) is 6.17. The Bertz CT molecular complexity index is 1060. The van der Waals surface area contributed by atoms with E-state index in [4.69, 9.17) is 9.57 Å². The van der Waals surface area contributed by atoms with Crippen molar-refractivity contribution < 1.29 is 49.5 Å². The molecule has 0 aliphatic carbocycles. The van der Waals surface area contributed by atoms with Gasteiger partial charge in [-0.25, -0.2) is 13.5 Å². The summed E-state index contributed by atoms with van der Waals surface area (Å²) < 4.78 is 91.9. The molecule has 1 fully saturated rings. The van der Waals surface area contributed by atoms with E-state index in [0.717, 1.165) is 16.9 Å². The smallest absolute Gasteiger partial charge is 0.379 e. The van der Waals surface area contributed by atoms with Crippen LogP contribution in [-0.2, 0) is 29.2 Å². The molecule has 2 heterocycles. The van der Waals surface area contributed by atoms with Gasteiger partial charge in [-0.15, -0.1) is 0 Å². The maximum absolute atomic E-state index is 13.4. The van der Waals surface area contributed by atoms with Crippen molar-refractivity contribution in [1.82, 2.24) is 10.0 Å². The Morgan fingerprint density at radius 3 is 2.41 bits per heavy atom. The third kappa shape index (κ3) is 4.98. The fraction of sp³-hybridized carbons (Fsp3) is 0.471. The van der Waals surface area contributed by atoms with E-state index in [1.165, 1.54) is 6.92 Å². The second kappa shape index (κ2) is 8.27. The average Bonchev–Trinajstić information content (AvgIpc) is 3.27. The Balaban J connectivity index is 1.57. The van der Waals surface area contributed by atoms with E-state index >= 15 is 0 Å². The molecule has 0 spiro atoms. The van der Waals surface area contributed by atoms with Crippen molar-refractivity contribution in [1.29, 1.82) is 0 Å². The molecule has 3 rings (SSSR count). The number of ether oxygens (including phenoxy) is 1. The van der Waals surface area contributed by atoms with Gasteiger partial charge in [0.1, 0.15) is 17.7 Å². The predicted molar refractivity (Wildman–Crippen MR) is 96.4 cm³/mol. The molecule has 0 unspecified atom stereocenters. The standard InChI is InChI=1S/C17H16F5N3O6S/c1-16(6-12(24-31-16)8-2-9(18)4-10(19)3-8)15(27)23-11-5-13(30-7-11)14(26)25-32(28,29)17(20,21)22/h2-4,11,13H,5-7H2,1H3,(H,23,27)(H,25,26)/t11-,13-,16+/m0/s1. The minimum Gasteiger partial charge on any atom is -0.379 e. The number of oxime groups is 1. The van der Waals surface area contributed by atoms with E-state index in [9.17, 15) is 40.0 Å². The zero-order valence-electron chi connectivity index (χ0n) is 16.2. The van der Waals surface area contributed by atoms with E-state index < -0.39 is 56.7 Å². The van der Waals surface area contributed by atoms with Crippen molar-refractivity contribution >= 4 is 27.5 Å². The van der Waals surface area contributed by atoms with Crippen LogP contribution in [0.25, 0.3) is 0 Å². The maximum atomic E-state index is 13.4. The van der Waals surface area contributed by atoms with Gasteiger partial charge in [0.2, 0.25) is 5.60 Å². The van der Waals surface area contributed by atoms with E-state index in [1.54, 1.807) is 0 Å². The predicted octanol–water partition coefficient (Wildman–Crippen LogP) is 1.09. The Morgan fingerprint density at radius 1 is 1.19 bits per heavy atom. The normalized spacial score (nSPS) is 25.8. The molecule has 15 heteroatoms. The van der Waals surface area contributed by atoms with Gasteiger partial charge in [-0.1, -0.05) is 5.16 Å². The number of carbonyl (C=O) groups is 2. The van der Waals surface area contributed by atoms with Gasteiger partial charge in [0, 0.05) is 24.5 Å². The van der Waals surface area contributed by atoms with E-state index in [0.29, 0.717) is 6.07 Å². The van der Waals surface area contributed by atoms with Crippen LogP contribution in [0.3, 0.4) is 0 Å². The highest BCUT2D eigenvalue weighted by Crippen LogP contribution is 2.28. The first-order chi connectivity index (χ1) is 14.7. The monoisotopic (exact) mass is 485 g/mol. The van der Waals surface area contributed by atoms with Gasteiger partial charge in [-0.3, -0.25) is 9.59 Å². The van der Waals surface area contributed by atoms with Gasteiger partial charge in [-0.2, -0.15) is 21.6 Å². The van der Waals surface area contributed by atoms with Crippen molar-refractivity contribution in [2.24, 2.45) is 5.16 Å². The van der Waals surface area contributed by atoms with Crippen LogP contribution in [0, 0.1) is 11.6 Å². The summed E-state index contributed by atoms with van der Waals surface area (Å²) in [5.74, 6) is -3.95. The quantitative estimate of drug-likeness (QED) is 0.602. The number of benzene rings is 1. The highest BCUT2D eigenvalue weighted by molar-refractivity contribution is 7.90. The zero-order chi connectivity index (χ0) is 23.9. The minimum absolute atomic E-state index is 0.0748. The number of hydrogen-bond acceptors (Lipinski definition) is 7. The van der Waals surface area contributed by atoms with Crippen molar-refractivity contribution in [3.8, 4) is 0 Å². The van der Waals surface area contributed by atoms with E-state index in [-0.39, 0.29) is 30.7 Å². The molecule has 0 bridgehead atoms. The molecular formula is C17H16F5N3O6S. The number of rotatable bonds is 5. The van der Waals surface area contributed by atoms with Crippen molar-refractivity contribution in [2.45, 2.75) is 43.0 Å². The van der Waals surface area contributed by atoms with Crippen LogP contribution in [0.5, 0.6) is 0 Å². The summed E-state index contributed by atoms with van der Waals surface area (Å²) in [6.07, 6.45) is -2.00. The molecule has 2 aliphatic heterocycles. The number of nitrogens with zero attached hydrogens (tertiary/aromatic N) is 1. The third-order valence-corrected chi connectivity index (χ3v) is 5.78. The largest absolute Gasteiger partial charge is 0.516 e. The molecule has 0 radical (unpaired) electrons. The highest BCUT2D eigenvalue weighted by Gasteiger charge is 2.49. The molecule has 0 aromatic heterocycles. The van der Waals surface area contributed by atoms with Gasteiger partial charge in [-0.05, 0) is 19.1 Å². The molecule has 2 aliphatic rings. The number of amides is 2. The van der Waals surface area contributed by atoms with Gasteiger partial charge in [0.05, 0.1) is 18.4 Å². The topological polar surface area (TPSA) is 123 Å². The van der Waals surface area contributed by atoms with Crippen LogP contribution in [0.2, 0.25) is 0 Å². The number of alkyl halides is 3. The summed E-state index contributed by atoms with van der Waals surface area (Å²) in [7, 11) is -5.89. The minimum atomic E-state index is -5.89. The van der Waals surface area contributed by atoms with Gasteiger partial charge in [0.15, 0.2) is 0 Å². The van der Waals surface area contributed by atoms with Crippen molar-refractivity contribution in [3.05, 3.63) is 35.4 Å². The number of halogens is 5. The molecule has 0 saturated carbocycles. The molecular weight excluding hydrogens is 469 g/mol. The number of sulfonamides is 1. The van der Waals surface area contributed by atoms with Crippen LogP contribution >= 0.6 is 0 Å². The maximum Gasteiger partial charge on any atom is 0.516 e. The van der Waals surface area contributed by atoms with Crippen LogP contribution in [0.4, 0.5) is 22.0 Å². The first kappa shape index (κ1) is 23.8. The van der Waals surface area contributed by atoms with Crippen LogP contribution in [-0.4, -0.2) is 55.8 Å². The lowest BCUT2D eigenvalue weighted by molar-refractivity contribution is -0.142. The van der Waals surface area contributed by atoms with Crippen molar-refractivity contribution in [3.63, 3.8) is 0 Å². The average molecular weight is 485 g/mol. The Kier molecular flexibility index (Phi) is 6.16. The van der Waals surface area contributed by atoms with Gasteiger partial charge < -0.3 is 14.9 Å². The fourth-order valence-corrected chi connectivity index (χ4v) is 3.55. The molecule has 2 N–H and O–H groups in total. The van der Waals surface area contributed by atoms with E-state index in [2.05, 4.69) is 10.5 Å². The molecule has 9 nitrogen and oxygen atoms in total. The first-order valence-electron chi connectivity index (χ1n) is 8.97.